The number of amides is 2. The smallest absolute Gasteiger partial charge is 0.315 e. The Balaban J connectivity index is 1.34. The van der Waals surface area contributed by atoms with Crippen LogP contribution in [0.1, 0.15) is 36.8 Å². The Kier molecular flexibility index (Phi) is 4.12. The summed E-state index contributed by atoms with van der Waals surface area (Å²) in [7, 11) is 0. The Bertz CT molecular complexity index is 1160. The predicted octanol–water partition coefficient (Wildman–Crippen LogP) is 5.43. The Morgan fingerprint density at radius 1 is 1.03 bits per heavy atom. The second kappa shape index (κ2) is 6.98. The van der Waals surface area contributed by atoms with E-state index < -0.39 is 0 Å². The zero-order chi connectivity index (χ0) is 20.1. The van der Waals surface area contributed by atoms with E-state index in [-0.39, 0.29) is 18.1 Å². The molecule has 2 atom stereocenters. The molecule has 30 heavy (non-hydrogen) atoms. The number of urea groups is 1. The van der Waals surface area contributed by atoms with E-state index in [2.05, 4.69) is 58.4 Å². The van der Waals surface area contributed by atoms with Gasteiger partial charge in [-0.25, -0.2) is 4.79 Å². The number of fused-ring (bicyclic) bond motifs is 4. The molecule has 3 aromatic rings. The van der Waals surface area contributed by atoms with Crippen LogP contribution in [-0.2, 0) is 6.42 Å². The van der Waals surface area contributed by atoms with Gasteiger partial charge in [-0.15, -0.1) is 0 Å². The molecule has 3 aliphatic rings. The number of carbonyl (C=O) groups is 1. The van der Waals surface area contributed by atoms with Crippen molar-refractivity contribution in [1.82, 2.24) is 9.88 Å². The number of aryl methyl sites for hydroxylation is 1. The van der Waals surface area contributed by atoms with Crippen LogP contribution in [0.5, 0.6) is 0 Å². The normalized spacial score (nSPS) is 22.7. The molecule has 0 saturated carbocycles. The average molecular weight is 396 g/mol. The van der Waals surface area contributed by atoms with E-state index in [1.54, 1.807) is 0 Å². The van der Waals surface area contributed by atoms with Gasteiger partial charge in [0, 0.05) is 36.1 Å². The van der Waals surface area contributed by atoms with E-state index in [1.165, 1.54) is 27.5 Å². The van der Waals surface area contributed by atoms with Gasteiger partial charge in [0.1, 0.15) is 0 Å². The van der Waals surface area contributed by atoms with Crippen LogP contribution in [0.4, 0.5) is 10.5 Å². The first-order valence-corrected chi connectivity index (χ1v) is 11.0. The molecule has 0 N–H and O–H groups in total. The molecule has 4 heterocycles. The Morgan fingerprint density at radius 2 is 1.97 bits per heavy atom. The van der Waals surface area contributed by atoms with Gasteiger partial charge in [0.05, 0.1) is 6.04 Å². The molecule has 1 aromatic heterocycles. The lowest BCUT2D eigenvalue weighted by Gasteiger charge is -2.39. The van der Waals surface area contributed by atoms with Crippen molar-refractivity contribution in [2.45, 2.75) is 44.2 Å². The molecule has 3 aliphatic heterocycles. The molecule has 1 fully saturated rings. The third kappa shape index (κ3) is 2.74. The Hall–Kier alpha value is -3.14. The molecule has 0 aliphatic carbocycles. The van der Waals surface area contributed by atoms with Crippen LogP contribution in [0.15, 0.2) is 67.0 Å². The van der Waals surface area contributed by atoms with E-state index in [4.69, 9.17) is 0 Å². The van der Waals surface area contributed by atoms with Gasteiger partial charge < -0.3 is 4.90 Å². The van der Waals surface area contributed by atoms with Gasteiger partial charge in [-0.2, -0.15) is 0 Å². The molecule has 2 bridgehead atoms. The fourth-order valence-electron chi connectivity index (χ4n) is 5.60. The van der Waals surface area contributed by atoms with Crippen molar-refractivity contribution in [2.75, 3.05) is 11.4 Å². The molecule has 1 saturated heterocycles. The zero-order valence-corrected chi connectivity index (χ0v) is 17.0. The summed E-state index contributed by atoms with van der Waals surface area (Å²) in [6.45, 7) is 0.818. The number of para-hydroxylation sites is 1. The quantitative estimate of drug-likeness (QED) is 0.551. The predicted molar refractivity (Wildman–Crippen MR) is 120 cm³/mol. The second-order valence-electron chi connectivity index (χ2n) is 8.67. The van der Waals surface area contributed by atoms with Crippen LogP contribution in [0.25, 0.3) is 16.3 Å². The van der Waals surface area contributed by atoms with Crippen LogP contribution in [0.3, 0.4) is 0 Å². The molecule has 4 heteroatoms. The first-order valence-electron chi connectivity index (χ1n) is 11.0. The highest BCUT2D eigenvalue weighted by Gasteiger charge is 2.42. The number of anilines is 1. The number of nitrogens with zero attached hydrogens (tertiary/aromatic N) is 3. The third-order valence-corrected chi connectivity index (χ3v) is 6.98. The van der Waals surface area contributed by atoms with Gasteiger partial charge in [0.25, 0.3) is 0 Å². The summed E-state index contributed by atoms with van der Waals surface area (Å²) in [5, 5.41) is 2.43. The lowest BCUT2D eigenvalue weighted by Crippen LogP contribution is -2.51. The molecule has 2 unspecified atom stereocenters. The minimum absolute atomic E-state index is 0.187. The van der Waals surface area contributed by atoms with Crippen molar-refractivity contribution in [2.24, 2.45) is 0 Å². The van der Waals surface area contributed by atoms with Gasteiger partial charge >= 0.3 is 6.03 Å². The summed E-state index contributed by atoms with van der Waals surface area (Å²) >= 11 is 0. The zero-order valence-electron chi connectivity index (χ0n) is 17.0. The second-order valence-corrected chi connectivity index (χ2v) is 8.67. The van der Waals surface area contributed by atoms with Crippen molar-refractivity contribution in [3.05, 3.63) is 78.1 Å². The van der Waals surface area contributed by atoms with E-state index in [0.717, 1.165) is 44.3 Å². The minimum Gasteiger partial charge on any atom is -0.315 e. The summed E-state index contributed by atoms with van der Waals surface area (Å²) in [6.07, 6.45) is 11.3. The summed E-state index contributed by atoms with van der Waals surface area (Å²) < 4.78 is 0. The van der Waals surface area contributed by atoms with Crippen molar-refractivity contribution < 1.29 is 4.79 Å². The van der Waals surface area contributed by atoms with Crippen LogP contribution in [-0.4, -0.2) is 34.5 Å². The SMILES string of the molecule is O=C(N1CCCc2ccccc21)N1C2C=C(c3cccc4cnccc34)CC1CC2. The Labute approximate surface area is 176 Å². The molecule has 0 radical (unpaired) electrons. The van der Waals surface area contributed by atoms with Crippen molar-refractivity contribution in [1.29, 1.82) is 0 Å². The van der Waals surface area contributed by atoms with Crippen molar-refractivity contribution in [3.63, 3.8) is 0 Å². The molecule has 150 valence electrons. The molecule has 6 rings (SSSR count). The van der Waals surface area contributed by atoms with Gasteiger partial charge in [0.2, 0.25) is 0 Å². The molecule has 2 amide bonds. The number of benzene rings is 2. The first kappa shape index (κ1) is 17.7. The fourth-order valence-corrected chi connectivity index (χ4v) is 5.60. The van der Waals surface area contributed by atoms with Gasteiger partial charge in [-0.1, -0.05) is 42.5 Å². The molecule has 4 nitrogen and oxygen atoms in total. The molecule has 0 spiro atoms. The number of aromatic nitrogens is 1. The summed E-state index contributed by atoms with van der Waals surface area (Å²) in [5.41, 5.74) is 5.07. The van der Waals surface area contributed by atoms with Crippen LogP contribution in [0.2, 0.25) is 0 Å². The highest BCUT2D eigenvalue weighted by atomic mass is 16.2. The Morgan fingerprint density at radius 3 is 2.90 bits per heavy atom. The monoisotopic (exact) mass is 395 g/mol. The molecular formula is C26H25N3O. The van der Waals surface area contributed by atoms with Crippen LogP contribution >= 0.6 is 0 Å². The first-order chi connectivity index (χ1) is 14.8. The summed E-state index contributed by atoms with van der Waals surface area (Å²) in [6, 6.07) is 17.6. The third-order valence-electron chi connectivity index (χ3n) is 6.98. The van der Waals surface area contributed by atoms with E-state index in [0.29, 0.717) is 0 Å². The van der Waals surface area contributed by atoms with Gasteiger partial charge in [-0.3, -0.25) is 9.88 Å². The largest absolute Gasteiger partial charge is 0.325 e. The minimum atomic E-state index is 0.187. The molecular weight excluding hydrogens is 370 g/mol. The molecule has 2 aromatic carbocycles. The average Bonchev–Trinajstić information content (AvgIpc) is 3.07. The standard InChI is InChI=1S/C26H25N3O/c30-26(28-14-4-7-18-5-1-2-9-25(18)28)29-21-10-11-22(29)16-20(15-21)23-8-3-6-19-17-27-13-12-24(19)23/h1-3,5-6,8-9,12-13,15,17,21-22H,4,7,10-11,14,16H2. The van der Waals surface area contributed by atoms with Crippen LogP contribution in [0, 0.1) is 0 Å². The highest BCUT2D eigenvalue weighted by molar-refractivity contribution is 5.96. The number of pyridine rings is 1. The lowest BCUT2D eigenvalue weighted by atomic mass is 9.91. The fraction of sp³-hybridized carbons (Fsp3) is 0.308. The number of hydrogen-bond donors (Lipinski definition) is 0. The summed E-state index contributed by atoms with van der Waals surface area (Å²) in [5.74, 6) is 0. The van der Waals surface area contributed by atoms with Crippen molar-refractivity contribution >= 4 is 28.1 Å². The van der Waals surface area contributed by atoms with E-state index >= 15 is 0 Å². The topological polar surface area (TPSA) is 36.4 Å². The van der Waals surface area contributed by atoms with Gasteiger partial charge in [0.15, 0.2) is 0 Å². The van der Waals surface area contributed by atoms with Crippen molar-refractivity contribution in [3.8, 4) is 0 Å². The number of hydrogen-bond acceptors (Lipinski definition) is 2. The maximum absolute atomic E-state index is 13.6. The maximum atomic E-state index is 13.6. The van der Waals surface area contributed by atoms with Crippen LogP contribution < -0.4 is 4.90 Å². The van der Waals surface area contributed by atoms with E-state index in [1.807, 2.05) is 23.4 Å². The highest BCUT2D eigenvalue weighted by Crippen LogP contribution is 2.41. The lowest BCUT2D eigenvalue weighted by molar-refractivity contribution is 0.186. The number of rotatable bonds is 1. The van der Waals surface area contributed by atoms with Gasteiger partial charge in [-0.05, 0) is 66.3 Å². The maximum Gasteiger partial charge on any atom is 0.325 e. The van der Waals surface area contributed by atoms with E-state index in [9.17, 15) is 4.79 Å². The summed E-state index contributed by atoms with van der Waals surface area (Å²) in [4.78, 5) is 22.1. The number of carbonyl (C=O) groups excluding carboxylic acids is 1.